The van der Waals surface area contributed by atoms with Crippen LogP contribution in [-0.4, -0.2) is 32.3 Å². The number of likely N-dealkylation sites (N-methyl/N-ethyl adjacent to an activating group) is 1. The molecule has 3 rings (SSSR count). The fraction of sp³-hybridized carbons (Fsp3) is 0.533. The molecule has 0 saturated carbocycles. The first-order chi connectivity index (χ1) is 10.7. The molecule has 2 N–H and O–H groups in total. The van der Waals surface area contributed by atoms with Crippen LogP contribution in [-0.2, 0) is 31.4 Å². The standard InChI is InChI=1S/C15H22N6O/c1-16-14(11-7-18-20(2)9-11)15(22)17-8-12-10-21-6-4-3-5-13(21)19-12/h7,9-10,14,16H,3-6,8H2,1-2H3,(H,17,22). The van der Waals surface area contributed by atoms with Crippen molar-refractivity contribution in [2.45, 2.75) is 38.4 Å². The van der Waals surface area contributed by atoms with Crippen LogP contribution in [0.1, 0.15) is 36.0 Å². The highest BCUT2D eigenvalue weighted by molar-refractivity contribution is 5.82. The van der Waals surface area contributed by atoms with Crippen LogP contribution in [0, 0.1) is 0 Å². The van der Waals surface area contributed by atoms with Crippen LogP contribution < -0.4 is 10.6 Å². The second-order valence-electron chi connectivity index (χ2n) is 5.69. The molecule has 0 aliphatic carbocycles. The first-order valence-electron chi connectivity index (χ1n) is 7.66. The summed E-state index contributed by atoms with van der Waals surface area (Å²) in [6.07, 6.45) is 9.03. The molecule has 2 aromatic rings. The molecule has 1 unspecified atom stereocenters. The van der Waals surface area contributed by atoms with Crippen LogP contribution in [0.25, 0.3) is 0 Å². The van der Waals surface area contributed by atoms with E-state index in [1.54, 1.807) is 17.9 Å². The van der Waals surface area contributed by atoms with Crippen LogP contribution in [0.5, 0.6) is 0 Å². The molecule has 0 bridgehead atoms. The molecule has 1 amide bonds. The lowest BCUT2D eigenvalue weighted by atomic mass is 10.1. The second kappa shape index (κ2) is 6.31. The molecule has 0 fully saturated rings. The van der Waals surface area contributed by atoms with E-state index in [1.807, 2.05) is 19.4 Å². The Morgan fingerprint density at radius 2 is 2.27 bits per heavy atom. The molecule has 0 spiro atoms. The maximum absolute atomic E-state index is 12.4. The van der Waals surface area contributed by atoms with Crippen molar-refractivity contribution in [2.75, 3.05) is 7.05 Å². The van der Waals surface area contributed by atoms with Gasteiger partial charge in [0.25, 0.3) is 0 Å². The molecule has 2 aromatic heterocycles. The van der Waals surface area contributed by atoms with Gasteiger partial charge in [0, 0.05) is 38.0 Å². The number of amides is 1. The molecule has 7 heteroatoms. The Morgan fingerprint density at radius 3 is 2.95 bits per heavy atom. The maximum Gasteiger partial charge on any atom is 0.242 e. The summed E-state index contributed by atoms with van der Waals surface area (Å²) >= 11 is 0. The minimum Gasteiger partial charge on any atom is -0.349 e. The van der Waals surface area contributed by atoms with Crippen molar-refractivity contribution in [3.05, 3.63) is 35.7 Å². The number of carbonyl (C=O) groups is 1. The molecular weight excluding hydrogens is 280 g/mol. The summed E-state index contributed by atoms with van der Waals surface area (Å²) in [6, 6.07) is -0.397. The van der Waals surface area contributed by atoms with Gasteiger partial charge in [-0.15, -0.1) is 0 Å². The number of imidazole rings is 1. The van der Waals surface area contributed by atoms with E-state index in [0.29, 0.717) is 6.54 Å². The minimum absolute atomic E-state index is 0.0681. The molecule has 0 radical (unpaired) electrons. The fourth-order valence-electron chi connectivity index (χ4n) is 2.87. The SMILES string of the molecule is CNC(C(=O)NCc1cn2c(n1)CCCC2)c1cnn(C)c1. The Balaban J connectivity index is 1.62. The van der Waals surface area contributed by atoms with Gasteiger partial charge in [0.05, 0.1) is 18.4 Å². The second-order valence-corrected chi connectivity index (χ2v) is 5.69. The van der Waals surface area contributed by atoms with Gasteiger partial charge in [-0.2, -0.15) is 5.10 Å². The monoisotopic (exact) mass is 302 g/mol. The smallest absolute Gasteiger partial charge is 0.242 e. The van der Waals surface area contributed by atoms with E-state index in [2.05, 4.69) is 25.3 Å². The van der Waals surface area contributed by atoms with E-state index in [4.69, 9.17) is 0 Å². The van der Waals surface area contributed by atoms with Gasteiger partial charge in [-0.05, 0) is 19.9 Å². The van der Waals surface area contributed by atoms with E-state index in [-0.39, 0.29) is 5.91 Å². The zero-order chi connectivity index (χ0) is 15.5. The summed E-state index contributed by atoms with van der Waals surface area (Å²) in [7, 11) is 3.61. The number of fused-ring (bicyclic) bond motifs is 1. The number of aryl methyl sites for hydroxylation is 3. The third-order valence-corrected chi connectivity index (χ3v) is 4.01. The Bertz CT molecular complexity index is 635. The lowest BCUT2D eigenvalue weighted by molar-refractivity contribution is -0.123. The van der Waals surface area contributed by atoms with Gasteiger partial charge in [-0.3, -0.25) is 9.48 Å². The van der Waals surface area contributed by atoms with Gasteiger partial charge in [-0.25, -0.2) is 4.98 Å². The van der Waals surface area contributed by atoms with Crippen molar-refractivity contribution < 1.29 is 4.79 Å². The van der Waals surface area contributed by atoms with Crippen molar-refractivity contribution in [1.29, 1.82) is 0 Å². The van der Waals surface area contributed by atoms with Crippen molar-refractivity contribution in [3.63, 3.8) is 0 Å². The van der Waals surface area contributed by atoms with Crippen LogP contribution in [0.15, 0.2) is 18.6 Å². The number of nitrogens with zero attached hydrogens (tertiary/aromatic N) is 4. The molecule has 0 aromatic carbocycles. The largest absolute Gasteiger partial charge is 0.349 e. The van der Waals surface area contributed by atoms with E-state index in [1.165, 1.54) is 12.8 Å². The fourth-order valence-corrected chi connectivity index (χ4v) is 2.87. The summed E-state index contributed by atoms with van der Waals surface area (Å²) < 4.78 is 3.89. The molecule has 118 valence electrons. The minimum atomic E-state index is -0.397. The molecule has 0 saturated heterocycles. The average molecular weight is 302 g/mol. The highest BCUT2D eigenvalue weighted by atomic mass is 16.2. The summed E-state index contributed by atoms with van der Waals surface area (Å²) in [5.74, 6) is 1.06. The topological polar surface area (TPSA) is 76.8 Å². The lowest BCUT2D eigenvalue weighted by Gasteiger charge is -2.13. The average Bonchev–Trinajstić information content (AvgIpc) is 3.12. The highest BCUT2D eigenvalue weighted by Gasteiger charge is 2.20. The molecule has 1 atom stereocenters. The van der Waals surface area contributed by atoms with Crippen molar-refractivity contribution >= 4 is 5.91 Å². The molecule has 1 aliphatic rings. The normalized spacial score (nSPS) is 15.4. The molecule has 1 aliphatic heterocycles. The summed E-state index contributed by atoms with van der Waals surface area (Å²) in [5, 5.41) is 10.1. The van der Waals surface area contributed by atoms with Gasteiger partial charge in [0.2, 0.25) is 5.91 Å². The van der Waals surface area contributed by atoms with Crippen LogP contribution in [0.2, 0.25) is 0 Å². The zero-order valence-corrected chi connectivity index (χ0v) is 13.0. The molecular formula is C15H22N6O. The number of rotatable bonds is 5. The third-order valence-electron chi connectivity index (χ3n) is 4.01. The maximum atomic E-state index is 12.4. The zero-order valence-electron chi connectivity index (χ0n) is 13.0. The quantitative estimate of drug-likeness (QED) is 0.845. The van der Waals surface area contributed by atoms with Crippen LogP contribution in [0.3, 0.4) is 0 Å². The third kappa shape index (κ3) is 3.04. The predicted molar refractivity (Wildman–Crippen MR) is 82.0 cm³/mol. The molecule has 22 heavy (non-hydrogen) atoms. The number of hydrogen-bond acceptors (Lipinski definition) is 4. The van der Waals surface area contributed by atoms with Crippen LogP contribution in [0.4, 0.5) is 0 Å². The number of aromatic nitrogens is 4. The summed E-state index contributed by atoms with van der Waals surface area (Å²) in [6.45, 7) is 1.49. The number of carbonyl (C=O) groups excluding carboxylic acids is 1. The predicted octanol–water partition coefficient (Wildman–Crippen LogP) is 0.530. The van der Waals surface area contributed by atoms with Crippen molar-refractivity contribution in [2.24, 2.45) is 7.05 Å². The van der Waals surface area contributed by atoms with E-state index in [0.717, 1.165) is 30.0 Å². The van der Waals surface area contributed by atoms with Gasteiger partial charge in [0.1, 0.15) is 11.9 Å². The van der Waals surface area contributed by atoms with Crippen LogP contribution >= 0.6 is 0 Å². The first kappa shape index (κ1) is 14.8. The number of nitrogens with one attached hydrogen (secondary N) is 2. The van der Waals surface area contributed by atoms with E-state index < -0.39 is 6.04 Å². The Morgan fingerprint density at radius 1 is 1.41 bits per heavy atom. The van der Waals surface area contributed by atoms with Crippen molar-refractivity contribution in [1.82, 2.24) is 30.0 Å². The lowest BCUT2D eigenvalue weighted by Crippen LogP contribution is -2.35. The van der Waals surface area contributed by atoms with Gasteiger partial charge in [0.15, 0.2) is 0 Å². The van der Waals surface area contributed by atoms with Gasteiger partial charge >= 0.3 is 0 Å². The Kier molecular flexibility index (Phi) is 4.24. The summed E-state index contributed by atoms with van der Waals surface area (Å²) in [5.41, 5.74) is 1.78. The highest BCUT2D eigenvalue weighted by Crippen LogP contribution is 2.15. The van der Waals surface area contributed by atoms with Gasteiger partial charge in [-0.1, -0.05) is 0 Å². The Labute approximate surface area is 129 Å². The van der Waals surface area contributed by atoms with Gasteiger partial charge < -0.3 is 15.2 Å². The van der Waals surface area contributed by atoms with E-state index >= 15 is 0 Å². The molecule has 3 heterocycles. The summed E-state index contributed by atoms with van der Waals surface area (Å²) in [4.78, 5) is 17.0. The van der Waals surface area contributed by atoms with E-state index in [9.17, 15) is 4.79 Å². The van der Waals surface area contributed by atoms with Crippen molar-refractivity contribution in [3.8, 4) is 0 Å². The Hall–Kier alpha value is -2.15. The first-order valence-corrected chi connectivity index (χ1v) is 7.66. The number of hydrogen-bond donors (Lipinski definition) is 2. The molecule has 7 nitrogen and oxygen atoms in total.